The normalized spacial score (nSPS) is 10.8. The van der Waals surface area contributed by atoms with Crippen LogP contribution >= 0.6 is 0 Å². The fraction of sp³-hybridized carbons (Fsp3) is 0.286. The molecule has 22 heavy (non-hydrogen) atoms. The van der Waals surface area contributed by atoms with Gasteiger partial charge in [-0.05, 0) is 24.3 Å². The van der Waals surface area contributed by atoms with Crippen molar-refractivity contribution in [3.63, 3.8) is 0 Å². The summed E-state index contributed by atoms with van der Waals surface area (Å²) < 4.78 is 26.4. The number of rotatable bonds is 5. The summed E-state index contributed by atoms with van der Waals surface area (Å²) in [5, 5.41) is 11.4. The first-order valence-corrected chi connectivity index (χ1v) is 6.57. The number of amides is 2. The molecule has 8 heteroatoms. The van der Waals surface area contributed by atoms with Crippen molar-refractivity contribution in [1.29, 1.82) is 0 Å². The van der Waals surface area contributed by atoms with Gasteiger partial charge < -0.3 is 15.3 Å². The first kappa shape index (κ1) is 15.9. The summed E-state index contributed by atoms with van der Waals surface area (Å²) in [7, 11) is 1.55. The summed E-state index contributed by atoms with van der Waals surface area (Å²) >= 11 is 0. The summed E-state index contributed by atoms with van der Waals surface area (Å²) in [4.78, 5) is 17.0. The number of imidazole rings is 1. The van der Waals surface area contributed by atoms with E-state index in [-0.39, 0.29) is 25.0 Å². The molecule has 0 atom stereocenters. The van der Waals surface area contributed by atoms with Crippen LogP contribution in [0.5, 0.6) is 0 Å². The highest BCUT2D eigenvalue weighted by atomic mass is 19.3. The Morgan fingerprint density at radius 1 is 1.41 bits per heavy atom. The molecule has 0 fully saturated rings. The molecule has 0 saturated heterocycles. The zero-order valence-corrected chi connectivity index (χ0v) is 11.9. The highest BCUT2D eigenvalue weighted by Gasteiger charge is 2.13. The van der Waals surface area contributed by atoms with E-state index in [0.717, 1.165) is 4.57 Å². The molecule has 1 heterocycles. The number of carbonyl (C=O) groups is 1. The van der Waals surface area contributed by atoms with E-state index in [2.05, 4.69) is 10.3 Å². The second kappa shape index (κ2) is 6.99. The molecular formula is C14H16F2N4O2. The van der Waals surface area contributed by atoms with Gasteiger partial charge in [-0.3, -0.25) is 4.57 Å². The number of hydrogen-bond donors (Lipinski definition) is 2. The largest absolute Gasteiger partial charge is 0.395 e. The van der Waals surface area contributed by atoms with E-state index in [1.165, 1.54) is 17.3 Å². The maximum atomic E-state index is 12.8. The topological polar surface area (TPSA) is 70.4 Å². The molecule has 0 aliphatic carbocycles. The summed E-state index contributed by atoms with van der Waals surface area (Å²) in [6.45, 7) is -2.57. The Hall–Kier alpha value is -2.48. The van der Waals surface area contributed by atoms with Gasteiger partial charge >= 0.3 is 12.6 Å². The van der Waals surface area contributed by atoms with Crippen LogP contribution in [0.25, 0.3) is 11.4 Å². The molecule has 1 aromatic heterocycles. The lowest BCUT2D eigenvalue weighted by molar-refractivity contribution is 0.0720. The predicted octanol–water partition coefficient (Wildman–Crippen LogP) is 2.40. The van der Waals surface area contributed by atoms with Crippen LogP contribution in [0.1, 0.15) is 6.55 Å². The van der Waals surface area contributed by atoms with Gasteiger partial charge in [-0.1, -0.05) is 0 Å². The SMILES string of the molecule is CN(CCO)C(=O)Nc1ccc(-c2nccn2C(F)F)cc1. The first-order chi connectivity index (χ1) is 10.5. The number of carbonyl (C=O) groups excluding carboxylic acids is 1. The summed E-state index contributed by atoms with van der Waals surface area (Å²) in [6.07, 6.45) is 2.51. The first-order valence-electron chi connectivity index (χ1n) is 6.57. The predicted molar refractivity (Wildman–Crippen MR) is 77.7 cm³/mol. The number of likely N-dealkylation sites (N-methyl/N-ethyl adjacent to an activating group) is 1. The third kappa shape index (κ3) is 3.59. The molecule has 0 unspecified atom stereocenters. The minimum atomic E-state index is -2.66. The molecule has 118 valence electrons. The number of aliphatic hydroxyl groups is 1. The Morgan fingerprint density at radius 3 is 2.68 bits per heavy atom. The van der Waals surface area contributed by atoms with Gasteiger partial charge in [-0.15, -0.1) is 0 Å². The number of alkyl halides is 2. The van der Waals surface area contributed by atoms with Crippen molar-refractivity contribution in [3.8, 4) is 11.4 Å². The molecule has 0 radical (unpaired) electrons. The smallest absolute Gasteiger partial charge is 0.321 e. The zero-order chi connectivity index (χ0) is 16.1. The molecular weight excluding hydrogens is 294 g/mol. The second-order valence-corrected chi connectivity index (χ2v) is 4.59. The Labute approximate surface area is 126 Å². The van der Waals surface area contributed by atoms with Gasteiger partial charge in [-0.2, -0.15) is 8.78 Å². The van der Waals surface area contributed by atoms with E-state index in [4.69, 9.17) is 5.11 Å². The molecule has 6 nitrogen and oxygen atoms in total. The number of hydrogen-bond acceptors (Lipinski definition) is 3. The quantitative estimate of drug-likeness (QED) is 0.891. The lowest BCUT2D eigenvalue weighted by atomic mass is 10.2. The molecule has 0 aliphatic rings. The minimum Gasteiger partial charge on any atom is -0.395 e. The van der Waals surface area contributed by atoms with Crippen LogP contribution in [0.2, 0.25) is 0 Å². The van der Waals surface area contributed by atoms with Crippen molar-refractivity contribution in [3.05, 3.63) is 36.7 Å². The van der Waals surface area contributed by atoms with Crippen LogP contribution in [-0.4, -0.2) is 45.8 Å². The summed E-state index contributed by atoms with van der Waals surface area (Å²) in [6, 6.07) is 6.04. The third-order valence-electron chi connectivity index (χ3n) is 3.06. The third-order valence-corrected chi connectivity index (χ3v) is 3.06. The average molecular weight is 310 g/mol. The van der Waals surface area contributed by atoms with Crippen LogP contribution in [-0.2, 0) is 0 Å². The Morgan fingerprint density at radius 2 is 2.09 bits per heavy atom. The van der Waals surface area contributed by atoms with Crippen LogP contribution in [0, 0.1) is 0 Å². The fourth-order valence-corrected chi connectivity index (χ4v) is 1.87. The van der Waals surface area contributed by atoms with E-state index in [9.17, 15) is 13.6 Å². The van der Waals surface area contributed by atoms with Gasteiger partial charge in [0, 0.05) is 37.2 Å². The van der Waals surface area contributed by atoms with Gasteiger partial charge in [0.2, 0.25) is 0 Å². The number of aliphatic hydroxyl groups excluding tert-OH is 1. The zero-order valence-electron chi connectivity index (χ0n) is 11.9. The number of anilines is 1. The standard InChI is InChI=1S/C14H16F2N4O2/c1-19(8-9-21)14(22)18-11-4-2-10(3-5-11)12-17-6-7-20(12)13(15)16/h2-7,13,21H,8-9H2,1H3,(H,18,22). The number of aromatic nitrogens is 2. The van der Waals surface area contributed by atoms with Crippen molar-refractivity contribution < 1.29 is 18.7 Å². The van der Waals surface area contributed by atoms with E-state index >= 15 is 0 Å². The molecule has 2 amide bonds. The maximum Gasteiger partial charge on any atom is 0.321 e. The molecule has 2 N–H and O–H groups in total. The molecule has 0 spiro atoms. The van der Waals surface area contributed by atoms with E-state index in [1.54, 1.807) is 31.3 Å². The van der Waals surface area contributed by atoms with Crippen LogP contribution in [0.4, 0.5) is 19.3 Å². The highest BCUT2D eigenvalue weighted by Crippen LogP contribution is 2.24. The lowest BCUT2D eigenvalue weighted by Crippen LogP contribution is -2.33. The Bertz CT molecular complexity index is 628. The molecule has 2 rings (SSSR count). The minimum absolute atomic E-state index is 0.126. The van der Waals surface area contributed by atoms with Crippen molar-refractivity contribution in [2.45, 2.75) is 6.55 Å². The number of nitrogens with one attached hydrogen (secondary N) is 1. The molecule has 1 aromatic carbocycles. The van der Waals surface area contributed by atoms with Crippen LogP contribution in [0.3, 0.4) is 0 Å². The van der Waals surface area contributed by atoms with Crippen molar-refractivity contribution in [1.82, 2.24) is 14.5 Å². The van der Waals surface area contributed by atoms with Gasteiger partial charge in [0.25, 0.3) is 0 Å². The van der Waals surface area contributed by atoms with E-state index < -0.39 is 6.55 Å². The monoisotopic (exact) mass is 310 g/mol. The summed E-state index contributed by atoms with van der Waals surface area (Å²) in [5.41, 5.74) is 1.04. The molecule has 0 bridgehead atoms. The fourth-order valence-electron chi connectivity index (χ4n) is 1.87. The average Bonchev–Trinajstić information content (AvgIpc) is 2.98. The van der Waals surface area contributed by atoms with Crippen molar-refractivity contribution >= 4 is 11.7 Å². The summed E-state index contributed by atoms with van der Waals surface area (Å²) in [5.74, 6) is 0.158. The van der Waals surface area contributed by atoms with Crippen molar-refractivity contribution in [2.75, 3.05) is 25.5 Å². The Balaban J connectivity index is 2.10. The molecule has 0 saturated carbocycles. The Kier molecular flexibility index (Phi) is 5.05. The number of benzene rings is 1. The van der Waals surface area contributed by atoms with Gasteiger partial charge in [0.05, 0.1) is 6.61 Å². The second-order valence-electron chi connectivity index (χ2n) is 4.59. The molecule has 2 aromatic rings. The molecule has 0 aliphatic heterocycles. The van der Waals surface area contributed by atoms with Gasteiger partial charge in [0.15, 0.2) is 0 Å². The van der Waals surface area contributed by atoms with Gasteiger partial charge in [0.1, 0.15) is 5.82 Å². The lowest BCUT2D eigenvalue weighted by Gasteiger charge is -2.16. The number of urea groups is 1. The van der Waals surface area contributed by atoms with E-state index in [0.29, 0.717) is 11.3 Å². The van der Waals surface area contributed by atoms with Gasteiger partial charge in [-0.25, -0.2) is 9.78 Å². The van der Waals surface area contributed by atoms with Crippen LogP contribution in [0.15, 0.2) is 36.7 Å². The highest BCUT2D eigenvalue weighted by molar-refractivity contribution is 5.89. The maximum absolute atomic E-state index is 12.8. The van der Waals surface area contributed by atoms with Crippen LogP contribution < -0.4 is 5.32 Å². The number of halogens is 2. The number of nitrogens with zero attached hydrogens (tertiary/aromatic N) is 3. The van der Waals surface area contributed by atoms with Crippen molar-refractivity contribution in [2.24, 2.45) is 0 Å². The van der Waals surface area contributed by atoms with E-state index in [1.807, 2.05) is 0 Å².